The van der Waals surface area contributed by atoms with Crippen molar-refractivity contribution >= 4 is 16.9 Å². The number of hydrogen-bond donors (Lipinski definition) is 1. The number of carbonyl (C=O) groups excluding carboxylic acids is 1. The molecule has 0 aromatic carbocycles. The molecule has 4 rings (SSSR count). The van der Waals surface area contributed by atoms with E-state index in [1.165, 1.54) is 6.42 Å². The van der Waals surface area contributed by atoms with Crippen LogP contribution >= 0.6 is 0 Å². The summed E-state index contributed by atoms with van der Waals surface area (Å²) >= 11 is 0. The predicted molar refractivity (Wildman–Crippen MR) is 79.1 cm³/mol. The Kier molecular flexibility index (Phi) is 2.79. The summed E-state index contributed by atoms with van der Waals surface area (Å²) in [5, 5.41) is 4.07. The van der Waals surface area contributed by atoms with E-state index in [4.69, 9.17) is 4.42 Å². The predicted octanol–water partition coefficient (Wildman–Crippen LogP) is 1.96. The maximum Gasteiger partial charge on any atom is 0.270 e. The first kappa shape index (κ1) is 12.8. The van der Waals surface area contributed by atoms with E-state index in [9.17, 15) is 4.79 Å². The summed E-state index contributed by atoms with van der Waals surface area (Å²) in [6, 6.07) is 4.65. The molecule has 0 aliphatic carbocycles. The van der Waals surface area contributed by atoms with Crippen LogP contribution in [0.2, 0.25) is 0 Å². The van der Waals surface area contributed by atoms with Crippen molar-refractivity contribution in [2.45, 2.75) is 32.4 Å². The van der Waals surface area contributed by atoms with Gasteiger partial charge in [0.1, 0.15) is 11.5 Å². The van der Waals surface area contributed by atoms with E-state index in [2.05, 4.69) is 22.1 Å². The number of piperidine rings is 1. The molecular weight excluding hydrogens is 266 g/mol. The minimum atomic E-state index is -0.0813. The molecule has 2 saturated heterocycles. The number of amides is 1. The van der Waals surface area contributed by atoms with Gasteiger partial charge < -0.3 is 9.73 Å². The van der Waals surface area contributed by atoms with Crippen LogP contribution in [-0.2, 0) is 0 Å². The fourth-order valence-electron chi connectivity index (χ4n) is 3.70. The Morgan fingerprint density at radius 2 is 2.29 bits per heavy atom. The molecule has 0 spiro atoms. The minimum Gasteiger partial charge on any atom is -0.460 e. The highest BCUT2D eigenvalue weighted by Gasteiger charge is 2.42. The third-order valence-electron chi connectivity index (χ3n) is 4.81. The number of nitrogens with one attached hydrogen (secondary N) is 1. The molecular formula is C16H19N3O2. The zero-order valence-corrected chi connectivity index (χ0v) is 12.3. The molecule has 0 saturated carbocycles. The van der Waals surface area contributed by atoms with E-state index in [0.717, 1.165) is 29.8 Å². The Labute approximate surface area is 123 Å². The van der Waals surface area contributed by atoms with Crippen LogP contribution in [0.25, 0.3) is 11.0 Å². The second kappa shape index (κ2) is 4.56. The van der Waals surface area contributed by atoms with Gasteiger partial charge in [-0.05, 0) is 38.3 Å². The standard InChI is InChI=1S/C16H19N3O2/c1-9-3-12-7-19(9)8-14(12)18-16(20)13-5-11-4-10(2)21-15(11)6-17-13/h4-6,9,12,14H,3,7-8H2,1-2H3,(H,18,20). The Morgan fingerprint density at radius 3 is 3.00 bits per heavy atom. The molecule has 2 fully saturated rings. The maximum absolute atomic E-state index is 12.4. The van der Waals surface area contributed by atoms with E-state index < -0.39 is 0 Å². The lowest BCUT2D eigenvalue weighted by Crippen LogP contribution is -2.45. The van der Waals surface area contributed by atoms with Crippen molar-refractivity contribution < 1.29 is 9.21 Å². The summed E-state index contributed by atoms with van der Waals surface area (Å²) < 4.78 is 5.49. The summed E-state index contributed by atoms with van der Waals surface area (Å²) in [5.41, 5.74) is 1.19. The molecule has 4 unspecified atom stereocenters. The van der Waals surface area contributed by atoms with Gasteiger partial charge in [0, 0.05) is 30.6 Å². The third-order valence-corrected chi connectivity index (χ3v) is 4.81. The van der Waals surface area contributed by atoms with Gasteiger partial charge in [-0.25, -0.2) is 4.98 Å². The van der Waals surface area contributed by atoms with Crippen LogP contribution in [0.5, 0.6) is 0 Å². The van der Waals surface area contributed by atoms with Crippen molar-refractivity contribution in [2.24, 2.45) is 5.92 Å². The number of fused-ring (bicyclic) bond motifs is 3. The molecule has 110 valence electrons. The van der Waals surface area contributed by atoms with Crippen LogP contribution in [0.15, 0.2) is 22.7 Å². The Balaban J connectivity index is 1.51. The second-order valence-electron chi connectivity index (χ2n) is 6.34. The first-order valence-electron chi connectivity index (χ1n) is 7.51. The SMILES string of the molecule is Cc1cc2cc(C(=O)NC3CN4CC3CC4C)ncc2o1. The monoisotopic (exact) mass is 285 g/mol. The first-order chi connectivity index (χ1) is 10.1. The highest BCUT2D eigenvalue weighted by atomic mass is 16.3. The number of pyridine rings is 1. The molecule has 1 amide bonds. The van der Waals surface area contributed by atoms with Crippen LogP contribution in [0.4, 0.5) is 0 Å². The third kappa shape index (κ3) is 2.12. The van der Waals surface area contributed by atoms with Gasteiger partial charge in [-0.3, -0.25) is 9.69 Å². The number of carbonyl (C=O) groups is 1. The zero-order valence-electron chi connectivity index (χ0n) is 12.3. The van der Waals surface area contributed by atoms with E-state index >= 15 is 0 Å². The van der Waals surface area contributed by atoms with E-state index in [-0.39, 0.29) is 11.9 Å². The molecule has 4 heterocycles. The summed E-state index contributed by atoms with van der Waals surface area (Å²) in [6.45, 7) is 6.23. The lowest BCUT2D eigenvalue weighted by atomic mass is 9.96. The van der Waals surface area contributed by atoms with Crippen molar-refractivity contribution in [3.8, 4) is 0 Å². The topological polar surface area (TPSA) is 58.4 Å². The molecule has 21 heavy (non-hydrogen) atoms. The average Bonchev–Trinajstić information content (AvgIpc) is 3.10. The number of hydrogen-bond acceptors (Lipinski definition) is 4. The largest absolute Gasteiger partial charge is 0.460 e. The van der Waals surface area contributed by atoms with Gasteiger partial charge in [0.25, 0.3) is 5.91 Å². The van der Waals surface area contributed by atoms with Crippen molar-refractivity contribution in [1.82, 2.24) is 15.2 Å². The Bertz CT molecular complexity index is 707. The van der Waals surface area contributed by atoms with Crippen molar-refractivity contribution in [3.63, 3.8) is 0 Å². The van der Waals surface area contributed by atoms with Crippen LogP contribution in [0, 0.1) is 12.8 Å². The number of furan rings is 1. The molecule has 1 N–H and O–H groups in total. The minimum absolute atomic E-state index is 0.0813. The van der Waals surface area contributed by atoms with Crippen LogP contribution in [0.3, 0.4) is 0 Å². The average molecular weight is 285 g/mol. The van der Waals surface area contributed by atoms with Crippen molar-refractivity contribution in [2.75, 3.05) is 13.1 Å². The molecule has 2 aliphatic heterocycles. The number of aromatic nitrogens is 1. The van der Waals surface area contributed by atoms with Crippen molar-refractivity contribution in [3.05, 3.63) is 29.8 Å². The van der Waals surface area contributed by atoms with Crippen molar-refractivity contribution in [1.29, 1.82) is 0 Å². The molecule has 2 bridgehead atoms. The summed E-state index contributed by atoms with van der Waals surface area (Å²) in [5.74, 6) is 1.34. The van der Waals surface area contributed by atoms with Gasteiger partial charge in [0.05, 0.1) is 6.20 Å². The highest BCUT2D eigenvalue weighted by Crippen LogP contribution is 2.33. The van der Waals surface area contributed by atoms with Crippen LogP contribution < -0.4 is 5.32 Å². The van der Waals surface area contributed by atoms with E-state index in [0.29, 0.717) is 17.7 Å². The Hall–Kier alpha value is -1.88. The number of aryl methyl sites for hydroxylation is 1. The zero-order chi connectivity index (χ0) is 14.6. The second-order valence-corrected chi connectivity index (χ2v) is 6.34. The van der Waals surface area contributed by atoms with Gasteiger partial charge in [0.2, 0.25) is 0 Å². The van der Waals surface area contributed by atoms with E-state index in [1.807, 2.05) is 13.0 Å². The van der Waals surface area contributed by atoms with Gasteiger partial charge in [0.15, 0.2) is 5.58 Å². The molecule has 2 aromatic rings. The summed E-state index contributed by atoms with van der Waals surface area (Å²) in [6.07, 6.45) is 2.81. The van der Waals surface area contributed by atoms with Gasteiger partial charge in [-0.1, -0.05) is 0 Å². The normalized spacial score (nSPS) is 31.0. The molecule has 5 nitrogen and oxygen atoms in total. The van der Waals surface area contributed by atoms with E-state index in [1.54, 1.807) is 12.3 Å². The molecule has 5 heteroatoms. The molecule has 4 atom stereocenters. The molecule has 0 radical (unpaired) electrons. The maximum atomic E-state index is 12.4. The Morgan fingerprint density at radius 1 is 1.43 bits per heavy atom. The van der Waals surface area contributed by atoms with Gasteiger partial charge >= 0.3 is 0 Å². The smallest absolute Gasteiger partial charge is 0.270 e. The molecule has 2 aliphatic rings. The van der Waals surface area contributed by atoms with Crippen LogP contribution in [0.1, 0.15) is 29.6 Å². The van der Waals surface area contributed by atoms with Gasteiger partial charge in [-0.15, -0.1) is 0 Å². The highest BCUT2D eigenvalue weighted by molar-refractivity contribution is 5.95. The summed E-state index contributed by atoms with van der Waals surface area (Å²) in [7, 11) is 0. The van der Waals surface area contributed by atoms with Gasteiger partial charge in [-0.2, -0.15) is 0 Å². The quantitative estimate of drug-likeness (QED) is 0.916. The fourth-order valence-corrected chi connectivity index (χ4v) is 3.70. The lowest BCUT2D eigenvalue weighted by Gasteiger charge is -2.27. The fraction of sp³-hybridized carbons (Fsp3) is 0.500. The first-order valence-corrected chi connectivity index (χ1v) is 7.51. The summed E-state index contributed by atoms with van der Waals surface area (Å²) in [4.78, 5) is 19.1. The number of nitrogens with zero attached hydrogens (tertiary/aromatic N) is 2. The number of rotatable bonds is 2. The molecule has 2 aromatic heterocycles. The lowest BCUT2D eigenvalue weighted by molar-refractivity contribution is 0.0914. The van der Waals surface area contributed by atoms with Crippen LogP contribution in [-0.4, -0.2) is 41.0 Å².